The van der Waals surface area contributed by atoms with E-state index in [1.165, 1.54) is 5.56 Å². The Hall–Kier alpha value is -2.92. The smallest absolute Gasteiger partial charge is 0.152 e. The Balaban J connectivity index is 2.02. The summed E-state index contributed by atoms with van der Waals surface area (Å²) in [6.07, 6.45) is 1.82. The summed E-state index contributed by atoms with van der Waals surface area (Å²) in [7, 11) is 0. The lowest BCUT2D eigenvalue weighted by molar-refractivity contribution is 0.112. The van der Waals surface area contributed by atoms with E-state index in [0.717, 1.165) is 29.2 Å². The molecule has 0 unspecified atom stereocenters. The zero-order valence-corrected chi connectivity index (χ0v) is 12.3. The summed E-state index contributed by atoms with van der Waals surface area (Å²) in [6.45, 7) is 2.12. The molecule has 1 aromatic heterocycles. The van der Waals surface area contributed by atoms with Gasteiger partial charge in [0.25, 0.3) is 0 Å². The quantitative estimate of drug-likeness (QED) is 0.526. The maximum atomic E-state index is 11.3. The molecule has 3 rings (SSSR count). The Bertz CT molecular complexity index is 883. The fourth-order valence-corrected chi connectivity index (χ4v) is 2.28. The molecular formula is C20H15NO. The molecule has 0 atom stereocenters. The van der Waals surface area contributed by atoms with Crippen molar-refractivity contribution in [1.29, 1.82) is 0 Å². The lowest BCUT2D eigenvalue weighted by Gasteiger charge is -2.01. The molecule has 0 aliphatic rings. The molecule has 2 aromatic carbocycles. The van der Waals surface area contributed by atoms with E-state index >= 15 is 0 Å². The summed E-state index contributed by atoms with van der Waals surface area (Å²) >= 11 is 0. The molecule has 22 heavy (non-hydrogen) atoms. The zero-order valence-electron chi connectivity index (χ0n) is 12.3. The van der Waals surface area contributed by atoms with Crippen molar-refractivity contribution in [2.75, 3.05) is 0 Å². The van der Waals surface area contributed by atoms with Crippen molar-refractivity contribution in [2.24, 2.45) is 0 Å². The molecule has 0 aliphatic heterocycles. The third-order valence-corrected chi connectivity index (χ3v) is 3.57. The number of hydrogen-bond acceptors (Lipinski definition) is 2. The number of aldehydes is 1. The van der Waals surface area contributed by atoms with Gasteiger partial charge < -0.3 is 0 Å². The molecule has 0 saturated carbocycles. The van der Waals surface area contributed by atoms with E-state index in [0.29, 0.717) is 11.3 Å². The van der Waals surface area contributed by atoms with Crippen molar-refractivity contribution < 1.29 is 4.79 Å². The molecule has 0 saturated heterocycles. The van der Waals surface area contributed by atoms with Crippen LogP contribution < -0.4 is 0 Å². The van der Waals surface area contributed by atoms with Crippen LogP contribution in [0.2, 0.25) is 0 Å². The van der Waals surface area contributed by atoms with Crippen molar-refractivity contribution >= 4 is 17.2 Å². The minimum atomic E-state index is 0.522. The van der Waals surface area contributed by atoms with Crippen LogP contribution in [0.4, 0.5) is 0 Å². The summed E-state index contributed by atoms with van der Waals surface area (Å²) in [6, 6.07) is 17.7. The summed E-state index contributed by atoms with van der Waals surface area (Å²) in [5.74, 6) is 6.10. The first-order chi connectivity index (χ1) is 10.8. The molecule has 0 spiro atoms. The van der Waals surface area contributed by atoms with Crippen molar-refractivity contribution in [3.8, 4) is 11.8 Å². The topological polar surface area (TPSA) is 30.0 Å². The molecule has 0 amide bonds. The number of aromatic nitrogens is 1. The third kappa shape index (κ3) is 2.89. The molecule has 106 valence electrons. The van der Waals surface area contributed by atoms with Crippen LogP contribution in [0.25, 0.3) is 10.9 Å². The Morgan fingerprint density at radius 3 is 2.55 bits per heavy atom. The Labute approximate surface area is 129 Å². The van der Waals surface area contributed by atoms with Gasteiger partial charge >= 0.3 is 0 Å². The third-order valence-electron chi connectivity index (χ3n) is 3.57. The minimum absolute atomic E-state index is 0.522. The van der Waals surface area contributed by atoms with Gasteiger partial charge in [-0.25, -0.2) is 4.98 Å². The van der Waals surface area contributed by atoms with Gasteiger partial charge in [0, 0.05) is 16.5 Å². The highest BCUT2D eigenvalue weighted by Crippen LogP contribution is 2.15. The van der Waals surface area contributed by atoms with Crippen LogP contribution in [-0.4, -0.2) is 11.3 Å². The van der Waals surface area contributed by atoms with Crippen LogP contribution >= 0.6 is 0 Å². The van der Waals surface area contributed by atoms with Crippen LogP contribution in [-0.2, 0) is 6.42 Å². The molecule has 0 bridgehead atoms. The molecule has 0 fully saturated rings. The predicted molar refractivity (Wildman–Crippen MR) is 88.9 cm³/mol. The average molecular weight is 285 g/mol. The first-order valence-electron chi connectivity index (χ1n) is 7.26. The highest BCUT2D eigenvalue weighted by Gasteiger charge is 2.03. The number of benzene rings is 2. The highest BCUT2D eigenvalue weighted by molar-refractivity contribution is 5.88. The summed E-state index contributed by atoms with van der Waals surface area (Å²) in [5, 5.41) is 0.947. The maximum Gasteiger partial charge on any atom is 0.152 e. The summed E-state index contributed by atoms with van der Waals surface area (Å²) in [4.78, 5) is 15.7. The van der Waals surface area contributed by atoms with E-state index in [1.54, 1.807) is 0 Å². The summed E-state index contributed by atoms with van der Waals surface area (Å²) in [5.41, 5.74) is 4.09. The average Bonchev–Trinajstić information content (AvgIpc) is 2.59. The van der Waals surface area contributed by atoms with Crippen LogP contribution in [0.3, 0.4) is 0 Å². The number of carbonyl (C=O) groups is 1. The molecule has 3 aromatic rings. The van der Waals surface area contributed by atoms with Gasteiger partial charge in [0.1, 0.15) is 5.69 Å². The zero-order chi connectivity index (χ0) is 15.4. The van der Waals surface area contributed by atoms with Crippen LogP contribution in [0.5, 0.6) is 0 Å². The number of fused-ring (bicyclic) bond motifs is 1. The first-order valence-corrected chi connectivity index (χ1v) is 7.26. The first kappa shape index (κ1) is 14.0. The lowest BCUT2D eigenvalue weighted by atomic mass is 10.1. The van der Waals surface area contributed by atoms with Gasteiger partial charge in [0.2, 0.25) is 0 Å². The molecule has 2 nitrogen and oxygen atoms in total. The normalized spacial score (nSPS) is 10.0. The fourth-order valence-electron chi connectivity index (χ4n) is 2.28. The van der Waals surface area contributed by atoms with E-state index in [2.05, 4.69) is 35.9 Å². The Morgan fingerprint density at radius 1 is 1.05 bits per heavy atom. The van der Waals surface area contributed by atoms with Gasteiger partial charge in [-0.2, -0.15) is 0 Å². The van der Waals surface area contributed by atoms with Crippen molar-refractivity contribution in [2.45, 2.75) is 13.3 Å². The van der Waals surface area contributed by atoms with Gasteiger partial charge in [0.15, 0.2) is 6.29 Å². The van der Waals surface area contributed by atoms with Gasteiger partial charge in [-0.1, -0.05) is 43.2 Å². The van der Waals surface area contributed by atoms with E-state index in [9.17, 15) is 4.79 Å². The number of nitrogens with zero attached hydrogens (tertiary/aromatic N) is 1. The van der Waals surface area contributed by atoms with Crippen LogP contribution in [0.15, 0.2) is 54.6 Å². The predicted octanol–water partition coefficient (Wildman–Crippen LogP) is 4.01. The van der Waals surface area contributed by atoms with E-state index in [4.69, 9.17) is 0 Å². The molecule has 0 N–H and O–H groups in total. The van der Waals surface area contributed by atoms with Crippen molar-refractivity contribution in [3.63, 3.8) is 0 Å². The second kappa shape index (κ2) is 6.24. The van der Waals surface area contributed by atoms with Crippen LogP contribution in [0, 0.1) is 11.8 Å². The minimum Gasteiger partial charge on any atom is -0.298 e. The van der Waals surface area contributed by atoms with Crippen molar-refractivity contribution in [1.82, 2.24) is 4.98 Å². The number of aryl methyl sites for hydroxylation is 1. The number of rotatable bonds is 2. The lowest BCUT2D eigenvalue weighted by Crippen LogP contribution is -1.93. The largest absolute Gasteiger partial charge is 0.298 e. The number of hydrogen-bond donors (Lipinski definition) is 0. The number of carbonyl (C=O) groups excluding carboxylic acids is 1. The molecule has 1 heterocycles. The van der Waals surface area contributed by atoms with Crippen LogP contribution in [0.1, 0.15) is 34.1 Å². The second-order valence-corrected chi connectivity index (χ2v) is 5.04. The molecular weight excluding hydrogens is 270 g/mol. The maximum absolute atomic E-state index is 11.3. The van der Waals surface area contributed by atoms with E-state index in [1.807, 2.05) is 42.5 Å². The summed E-state index contributed by atoms with van der Waals surface area (Å²) < 4.78 is 0. The monoisotopic (exact) mass is 285 g/mol. The molecule has 0 radical (unpaired) electrons. The Kier molecular flexibility index (Phi) is 3.98. The molecule has 2 heteroatoms. The highest BCUT2D eigenvalue weighted by atomic mass is 16.1. The second-order valence-electron chi connectivity index (χ2n) is 5.04. The molecule has 0 aliphatic carbocycles. The number of para-hydroxylation sites is 1. The van der Waals surface area contributed by atoms with Gasteiger partial charge in [0.05, 0.1) is 5.52 Å². The van der Waals surface area contributed by atoms with Gasteiger partial charge in [-0.05, 0) is 42.2 Å². The van der Waals surface area contributed by atoms with E-state index in [-0.39, 0.29) is 0 Å². The van der Waals surface area contributed by atoms with Gasteiger partial charge in [-0.3, -0.25) is 4.79 Å². The fraction of sp³-hybridized carbons (Fsp3) is 0.100. The standard InChI is InChI=1S/C20H15NO/c1-2-15-7-9-16(10-8-15)11-12-20-18(14-22)13-17-5-3-4-6-19(17)21-20/h3-10,13-14H,2H2,1H3. The van der Waals surface area contributed by atoms with Crippen molar-refractivity contribution in [3.05, 3.63) is 77.0 Å². The van der Waals surface area contributed by atoms with E-state index < -0.39 is 0 Å². The van der Waals surface area contributed by atoms with Gasteiger partial charge in [-0.15, -0.1) is 0 Å². The SMILES string of the molecule is CCc1ccc(C#Cc2nc3ccccc3cc2C=O)cc1. The number of pyridine rings is 1. The Morgan fingerprint density at radius 2 is 1.82 bits per heavy atom.